The first-order chi connectivity index (χ1) is 11.7. The van der Waals surface area contributed by atoms with Gasteiger partial charge in [0.05, 0.1) is 12.5 Å². The van der Waals surface area contributed by atoms with Crippen molar-refractivity contribution in [2.75, 3.05) is 32.7 Å². The number of imidazole rings is 1. The summed E-state index contributed by atoms with van der Waals surface area (Å²) in [6.07, 6.45) is 8.68. The van der Waals surface area contributed by atoms with Crippen LogP contribution >= 0.6 is 0 Å². The highest BCUT2D eigenvalue weighted by molar-refractivity contribution is 5.92. The van der Waals surface area contributed by atoms with Crippen molar-refractivity contribution in [1.29, 1.82) is 0 Å². The SMILES string of the molecule is Cn1cncc1C(=O)N1CCCN(CC=Cc2ccccc2)CC1. The average Bonchev–Trinajstić information content (AvgIpc) is 2.89. The first kappa shape index (κ1) is 16.5. The molecule has 5 heteroatoms. The number of nitrogens with zero attached hydrogens (tertiary/aromatic N) is 4. The van der Waals surface area contributed by atoms with Gasteiger partial charge in [0, 0.05) is 39.8 Å². The maximum absolute atomic E-state index is 12.6. The van der Waals surface area contributed by atoms with Crippen LogP contribution in [0.4, 0.5) is 0 Å². The summed E-state index contributed by atoms with van der Waals surface area (Å²) in [6, 6.07) is 10.3. The topological polar surface area (TPSA) is 41.4 Å². The Morgan fingerprint density at radius 3 is 2.75 bits per heavy atom. The third-order valence-corrected chi connectivity index (χ3v) is 4.39. The summed E-state index contributed by atoms with van der Waals surface area (Å²) in [5, 5.41) is 0. The highest BCUT2D eigenvalue weighted by Gasteiger charge is 2.21. The molecule has 5 nitrogen and oxygen atoms in total. The maximum Gasteiger partial charge on any atom is 0.272 e. The summed E-state index contributed by atoms with van der Waals surface area (Å²) in [4.78, 5) is 21.0. The van der Waals surface area contributed by atoms with Crippen LogP contribution < -0.4 is 0 Å². The number of hydrogen-bond donors (Lipinski definition) is 0. The number of carbonyl (C=O) groups excluding carboxylic acids is 1. The van der Waals surface area contributed by atoms with Crippen LogP contribution in [-0.4, -0.2) is 58.0 Å². The minimum absolute atomic E-state index is 0.0803. The highest BCUT2D eigenvalue weighted by atomic mass is 16.2. The maximum atomic E-state index is 12.6. The van der Waals surface area contributed by atoms with Crippen LogP contribution in [0.1, 0.15) is 22.5 Å². The van der Waals surface area contributed by atoms with Crippen molar-refractivity contribution in [3.05, 3.63) is 60.2 Å². The number of carbonyl (C=O) groups is 1. The fraction of sp³-hybridized carbons (Fsp3) is 0.368. The Bertz CT molecular complexity index is 692. The van der Waals surface area contributed by atoms with Gasteiger partial charge in [0.1, 0.15) is 5.69 Å². The lowest BCUT2D eigenvalue weighted by atomic mass is 10.2. The molecule has 0 saturated carbocycles. The largest absolute Gasteiger partial charge is 0.336 e. The van der Waals surface area contributed by atoms with E-state index in [1.807, 2.05) is 30.1 Å². The standard InChI is InChI=1S/C19H24N4O/c1-21-16-20-15-18(21)19(24)23-12-6-11-22(13-14-23)10-5-9-17-7-3-2-4-8-17/h2-5,7-9,15-16H,6,10-14H2,1H3. The molecule has 2 heterocycles. The van der Waals surface area contributed by atoms with Crippen molar-refractivity contribution < 1.29 is 4.79 Å². The summed E-state index contributed by atoms with van der Waals surface area (Å²) in [7, 11) is 1.86. The second kappa shape index (κ2) is 7.93. The molecular weight excluding hydrogens is 300 g/mol. The van der Waals surface area contributed by atoms with Gasteiger partial charge >= 0.3 is 0 Å². The molecule has 0 spiro atoms. The average molecular weight is 324 g/mol. The second-order valence-electron chi connectivity index (χ2n) is 6.15. The van der Waals surface area contributed by atoms with Gasteiger partial charge in [-0.15, -0.1) is 0 Å². The van der Waals surface area contributed by atoms with Gasteiger partial charge in [-0.2, -0.15) is 0 Å². The molecule has 0 radical (unpaired) electrons. The predicted molar refractivity (Wildman–Crippen MR) is 95.6 cm³/mol. The first-order valence-electron chi connectivity index (χ1n) is 8.43. The van der Waals surface area contributed by atoms with Crippen LogP contribution in [0.3, 0.4) is 0 Å². The zero-order valence-corrected chi connectivity index (χ0v) is 14.1. The molecule has 0 atom stereocenters. The Hall–Kier alpha value is -2.40. The molecule has 1 saturated heterocycles. The van der Waals surface area contributed by atoms with Crippen molar-refractivity contribution in [1.82, 2.24) is 19.4 Å². The highest BCUT2D eigenvalue weighted by Crippen LogP contribution is 2.09. The van der Waals surface area contributed by atoms with E-state index < -0.39 is 0 Å². The lowest BCUT2D eigenvalue weighted by Gasteiger charge is -2.21. The van der Waals surface area contributed by atoms with E-state index >= 15 is 0 Å². The van der Waals surface area contributed by atoms with Crippen LogP contribution in [0.2, 0.25) is 0 Å². The number of aromatic nitrogens is 2. The number of hydrogen-bond acceptors (Lipinski definition) is 3. The molecule has 1 aromatic carbocycles. The monoisotopic (exact) mass is 324 g/mol. The molecule has 0 bridgehead atoms. The minimum atomic E-state index is 0.0803. The van der Waals surface area contributed by atoms with E-state index in [1.165, 1.54) is 5.56 Å². The third kappa shape index (κ3) is 4.11. The summed E-state index contributed by atoms with van der Waals surface area (Å²) in [5.74, 6) is 0.0803. The molecule has 0 unspecified atom stereocenters. The summed E-state index contributed by atoms with van der Waals surface area (Å²) in [6.45, 7) is 4.42. The zero-order valence-electron chi connectivity index (χ0n) is 14.1. The Labute approximate surface area is 143 Å². The molecule has 24 heavy (non-hydrogen) atoms. The van der Waals surface area contributed by atoms with E-state index in [0.29, 0.717) is 5.69 Å². The molecule has 0 N–H and O–H groups in total. The third-order valence-electron chi connectivity index (χ3n) is 4.39. The Morgan fingerprint density at radius 2 is 2.00 bits per heavy atom. The summed E-state index contributed by atoms with van der Waals surface area (Å²) < 4.78 is 1.79. The molecule has 1 aromatic heterocycles. The summed E-state index contributed by atoms with van der Waals surface area (Å²) >= 11 is 0. The lowest BCUT2D eigenvalue weighted by Crippen LogP contribution is -2.36. The smallest absolute Gasteiger partial charge is 0.272 e. The van der Waals surface area contributed by atoms with E-state index in [0.717, 1.165) is 39.1 Å². The van der Waals surface area contributed by atoms with E-state index in [4.69, 9.17) is 0 Å². The van der Waals surface area contributed by atoms with E-state index in [1.54, 1.807) is 17.1 Å². The summed E-state index contributed by atoms with van der Waals surface area (Å²) in [5.41, 5.74) is 1.88. The van der Waals surface area contributed by atoms with Crippen LogP contribution in [0.25, 0.3) is 6.08 Å². The molecule has 0 aliphatic carbocycles. The van der Waals surface area contributed by atoms with E-state index in [9.17, 15) is 4.79 Å². The fourth-order valence-corrected chi connectivity index (χ4v) is 2.98. The molecular formula is C19H24N4O. The number of rotatable bonds is 4. The van der Waals surface area contributed by atoms with Gasteiger partial charge in [-0.1, -0.05) is 42.5 Å². The van der Waals surface area contributed by atoms with Gasteiger partial charge in [-0.05, 0) is 12.0 Å². The predicted octanol–water partition coefficient (Wildman–Crippen LogP) is 2.28. The van der Waals surface area contributed by atoms with Crippen LogP contribution in [0.15, 0.2) is 48.9 Å². The van der Waals surface area contributed by atoms with Crippen molar-refractivity contribution in [3.8, 4) is 0 Å². The minimum Gasteiger partial charge on any atom is -0.336 e. The normalized spacial score (nSPS) is 16.5. The van der Waals surface area contributed by atoms with Crippen molar-refractivity contribution in [2.45, 2.75) is 6.42 Å². The molecule has 1 amide bonds. The van der Waals surface area contributed by atoms with Gasteiger partial charge < -0.3 is 9.47 Å². The van der Waals surface area contributed by atoms with Crippen molar-refractivity contribution >= 4 is 12.0 Å². The van der Waals surface area contributed by atoms with Gasteiger partial charge in [0.25, 0.3) is 5.91 Å². The quantitative estimate of drug-likeness (QED) is 0.866. The number of benzene rings is 1. The zero-order chi connectivity index (χ0) is 16.8. The lowest BCUT2D eigenvalue weighted by molar-refractivity contribution is 0.0752. The number of amides is 1. The van der Waals surface area contributed by atoms with Crippen LogP contribution in [-0.2, 0) is 7.05 Å². The van der Waals surface area contributed by atoms with Crippen molar-refractivity contribution in [3.63, 3.8) is 0 Å². The van der Waals surface area contributed by atoms with Crippen molar-refractivity contribution in [2.24, 2.45) is 7.05 Å². The Balaban J connectivity index is 1.53. The first-order valence-corrected chi connectivity index (χ1v) is 8.43. The Morgan fingerprint density at radius 1 is 1.17 bits per heavy atom. The molecule has 1 aliphatic heterocycles. The molecule has 1 fully saturated rings. The van der Waals surface area contributed by atoms with Gasteiger partial charge in [-0.3, -0.25) is 9.69 Å². The van der Waals surface area contributed by atoms with Gasteiger partial charge in [0.15, 0.2) is 0 Å². The van der Waals surface area contributed by atoms with Crippen LogP contribution in [0, 0.1) is 0 Å². The second-order valence-corrected chi connectivity index (χ2v) is 6.15. The van der Waals surface area contributed by atoms with Gasteiger partial charge in [-0.25, -0.2) is 4.98 Å². The molecule has 3 rings (SSSR count). The number of aryl methyl sites for hydroxylation is 1. The fourth-order valence-electron chi connectivity index (χ4n) is 2.98. The van der Waals surface area contributed by atoms with Gasteiger partial charge in [0.2, 0.25) is 0 Å². The van der Waals surface area contributed by atoms with E-state index in [-0.39, 0.29) is 5.91 Å². The molecule has 2 aromatic rings. The molecule has 126 valence electrons. The van der Waals surface area contributed by atoms with E-state index in [2.05, 4.69) is 34.2 Å². The Kier molecular flexibility index (Phi) is 5.43. The van der Waals surface area contributed by atoms with Crippen LogP contribution in [0.5, 0.6) is 0 Å². The molecule has 1 aliphatic rings.